The number of benzene rings is 3. The average molecular weight is 346 g/mol. The zero-order valence-electron chi connectivity index (χ0n) is 14.4. The van der Waals surface area contributed by atoms with E-state index in [1.807, 2.05) is 60.7 Å². The molecule has 4 heteroatoms. The van der Waals surface area contributed by atoms with Crippen molar-refractivity contribution in [2.75, 3.05) is 12.4 Å². The third kappa shape index (κ3) is 3.31. The lowest BCUT2D eigenvalue weighted by Gasteiger charge is -2.19. The number of nitrogens with one attached hydrogen (secondary N) is 1. The Morgan fingerprint density at radius 3 is 2.42 bits per heavy atom. The highest BCUT2D eigenvalue weighted by Gasteiger charge is 2.21. The summed E-state index contributed by atoms with van der Waals surface area (Å²) >= 11 is 0. The predicted molar refractivity (Wildman–Crippen MR) is 103 cm³/mol. The van der Waals surface area contributed by atoms with Gasteiger partial charge in [-0.1, -0.05) is 24.3 Å². The van der Waals surface area contributed by atoms with Gasteiger partial charge in [-0.3, -0.25) is 4.99 Å². The molecule has 3 aromatic carbocycles. The lowest BCUT2D eigenvalue weighted by molar-refractivity contribution is 0.415. The molecule has 0 saturated heterocycles. The summed E-state index contributed by atoms with van der Waals surface area (Å²) in [5, 5.41) is 3.56. The average Bonchev–Trinajstić information content (AvgIpc) is 2.88. The van der Waals surface area contributed by atoms with Crippen molar-refractivity contribution < 1.29 is 9.13 Å². The Kier molecular flexibility index (Phi) is 4.40. The Morgan fingerprint density at radius 1 is 0.962 bits per heavy atom. The van der Waals surface area contributed by atoms with Crippen molar-refractivity contribution in [1.82, 2.24) is 0 Å². The van der Waals surface area contributed by atoms with Crippen LogP contribution in [0.25, 0.3) is 0 Å². The predicted octanol–water partition coefficient (Wildman–Crippen LogP) is 5.51. The van der Waals surface area contributed by atoms with Crippen LogP contribution in [0.4, 0.5) is 15.8 Å². The van der Waals surface area contributed by atoms with Crippen LogP contribution in [0.1, 0.15) is 23.6 Å². The molecule has 26 heavy (non-hydrogen) atoms. The number of hydrogen-bond acceptors (Lipinski definition) is 3. The monoisotopic (exact) mass is 346 g/mol. The summed E-state index contributed by atoms with van der Waals surface area (Å²) in [6, 6.07) is 22.6. The van der Waals surface area contributed by atoms with Gasteiger partial charge in [-0.2, -0.15) is 0 Å². The highest BCUT2D eigenvalue weighted by atomic mass is 19.1. The van der Waals surface area contributed by atoms with Crippen molar-refractivity contribution in [3.8, 4) is 5.75 Å². The van der Waals surface area contributed by atoms with E-state index in [-0.39, 0.29) is 11.9 Å². The van der Waals surface area contributed by atoms with Crippen molar-refractivity contribution in [2.24, 2.45) is 4.99 Å². The second kappa shape index (κ2) is 7.00. The number of nitrogens with zero attached hydrogens (tertiary/aromatic N) is 1. The van der Waals surface area contributed by atoms with Gasteiger partial charge in [0.05, 0.1) is 30.2 Å². The standard InChI is InChI=1S/C22H19FN2O/c1-26-18-12-8-16(9-13-18)22-14-21(15-6-10-17(23)11-7-15)24-19-4-2-3-5-20(19)25-22/h2-13,21,24H,14H2,1H3/t21-/m1/s1. The summed E-state index contributed by atoms with van der Waals surface area (Å²) in [6.45, 7) is 0. The molecule has 1 atom stereocenters. The summed E-state index contributed by atoms with van der Waals surface area (Å²) in [5.74, 6) is 0.586. The quantitative estimate of drug-likeness (QED) is 0.678. The van der Waals surface area contributed by atoms with Crippen LogP contribution < -0.4 is 10.1 Å². The van der Waals surface area contributed by atoms with E-state index in [2.05, 4.69) is 5.32 Å². The molecule has 0 unspecified atom stereocenters. The minimum Gasteiger partial charge on any atom is -0.497 e. The number of rotatable bonds is 3. The van der Waals surface area contributed by atoms with E-state index in [9.17, 15) is 4.39 Å². The second-order valence-electron chi connectivity index (χ2n) is 6.26. The molecule has 3 nitrogen and oxygen atoms in total. The first-order valence-electron chi connectivity index (χ1n) is 8.56. The fourth-order valence-corrected chi connectivity index (χ4v) is 3.18. The van der Waals surface area contributed by atoms with Crippen molar-refractivity contribution in [3.63, 3.8) is 0 Å². The maximum absolute atomic E-state index is 13.3. The van der Waals surface area contributed by atoms with Gasteiger partial charge in [0.25, 0.3) is 0 Å². The van der Waals surface area contributed by atoms with Crippen LogP contribution >= 0.6 is 0 Å². The van der Waals surface area contributed by atoms with Gasteiger partial charge >= 0.3 is 0 Å². The molecule has 0 spiro atoms. The van der Waals surface area contributed by atoms with Gasteiger partial charge in [-0.25, -0.2) is 4.39 Å². The fraction of sp³-hybridized carbons (Fsp3) is 0.136. The Hall–Kier alpha value is -3.14. The van der Waals surface area contributed by atoms with Gasteiger partial charge in [0.2, 0.25) is 0 Å². The lowest BCUT2D eigenvalue weighted by Crippen LogP contribution is -2.14. The number of anilines is 1. The number of aliphatic imine (C=N–C) groups is 1. The van der Waals surface area contributed by atoms with Crippen molar-refractivity contribution in [3.05, 3.63) is 89.7 Å². The molecular weight excluding hydrogens is 327 g/mol. The SMILES string of the molecule is COc1ccc(C2=Nc3ccccc3N[C@@H](c3ccc(F)cc3)C2)cc1. The van der Waals surface area contributed by atoms with Gasteiger partial charge in [0.1, 0.15) is 11.6 Å². The first kappa shape index (κ1) is 16.3. The molecule has 0 bridgehead atoms. The number of hydrogen-bond donors (Lipinski definition) is 1. The molecule has 130 valence electrons. The normalized spacial score (nSPS) is 16.1. The minimum atomic E-state index is -0.230. The number of methoxy groups -OCH3 is 1. The van der Waals surface area contributed by atoms with E-state index >= 15 is 0 Å². The van der Waals surface area contributed by atoms with Gasteiger partial charge in [-0.15, -0.1) is 0 Å². The number of halogens is 1. The Bertz CT molecular complexity index is 933. The summed E-state index contributed by atoms with van der Waals surface area (Å²) in [4.78, 5) is 4.90. The van der Waals surface area contributed by atoms with E-state index in [1.54, 1.807) is 7.11 Å². The van der Waals surface area contributed by atoms with Crippen LogP contribution in [-0.2, 0) is 0 Å². The zero-order chi connectivity index (χ0) is 17.9. The van der Waals surface area contributed by atoms with E-state index < -0.39 is 0 Å². The summed E-state index contributed by atoms with van der Waals surface area (Å²) in [6.07, 6.45) is 0.701. The number of ether oxygens (including phenoxy) is 1. The van der Waals surface area contributed by atoms with Crippen molar-refractivity contribution in [2.45, 2.75) is 12.5 Å². The summed E-state index contributed by atoms with van der Waals surface area (Å²) in [7, 11) is 1.66. The van der Waals surface area contributed by atoms with E-state index in [1.165, 1.54) is 12.1 Å². The zero-order valence-corrected chi connectivity index (χ0v) is 14.4. The van der Waals surface area contributed by atoms with Crippen LogP contribution in [0.2, 0.25) is 0 Å². The molecular formula is C22H19FN2O. The van der Waals surface area contributed by atoms with Crippen LogP contribution in [0, 0.1) is 5.82 Å². The molecule has 0 radical (unpaired) electrons. The van der Waals surface area contributed by atoms with Gasteiger partial charge in [0, 0.05) is 6.42 Å². The number of fused-ring (bicyclic) bond motifs is 1. The summed E-state index contributed by atoms with van der Waals surface area (Å²) in [5.41, 5.74) is 4.95. The second-order valence-corrected chi connectivity index (χ2v) is 6.26. The van der Waals surface area contributed by atoms with Crippen LogP contribution in [0.3, 0.4) is 0 Å². The number of para-hydroxylation sites is 2. The molecule has 1 N–H and O–H groups in total. The van der Waals surface area contributed by atoms with E-state index in [0.717, 1.165) is 34.0 Å². The van der Waals surface area contributed by atoms with Crippen LogP contribution in [-0.4, -0.2) is 12.8 Å². The first-order chi connectivity index (χ1) is 12.7. The summed E-state index contributed by atoms with van der Waals surface area (Å²) < 4.78 is 18.6. The maximum atomic E-state index is 13.3. The highest BCUT2D eigenvalue weighted by Crippen LogP contribution is 2.35. The minimum absolute atomic E-state index is 0.0140. The highest BCUT2D eigenvalue weighted by molar-refractivity contribution is 6.04. The molecule has 0 aliphatic carbocycles. The molecule has 1 aliphatic rings. The van der Waals surface area contributed by atoms with Gasteiger partial charge < -0.3 is 10.1 Å². The molecule has 0 aromatic heterocycles. The van der Waals surface area contributed by atoms with Crippen molar-refractivity contribution >= 4 is 17.1 Å². The molecule has 1 aliphatic heterocycles. The smallest absolute Gasteiger partial charge is 0.123 e. The van der Waals surface area contributed by atoms with E-state index in [0.29, 0.717) is 6.42 Å². The Morgan fingerprint density at radius 2 is 1.69 bits per heavy atom. The largest absolute Gasteiger partial charge is 0.497 e. The van der Waals surface area contributed by atoms with Gasteiger partial charge in [0.15, 0.2) is 0 Å². The molecule has 0 amide bonds. The maximum Gasteiger partial charge on any atom is 0.123 e. The molecule has 4 rings (SSSR count). The Labute approximate surface area is 152 Å². The first-order valence-corrected chi connectivity index (χ1v) is 8.56. The molecule has 1 heterocycles. The van der Waals surface area contributed by atoms with Gasteiger partial charge in [-0.05, 0) is 59.7 Å². The van der Waals surface area contributed by atoms with Crippen molar-refractivity contribution in [1.29, 1.82) is 0 Å². The lowest BCUT2D eigenvalue weighted by atomic mass is 9.97. The van der Waals surface area contributed by atoms with Crippen LogP contribution in [0.15, 0.2) is 77.8 Å². The van der Waals surface area contributed by atoms with E-state index in [4.69, 9.17) is 9.73 Å². The fourth-order valence-electron chi connectivity index (χ4n) is 3.18. The third-order valence-corrected chi connectivity index (χ3v) is 4.58. The third-order valence-electron chi connectivity index (χ3n) is 4.58. The molecule has 3 aromatic rings. The van der Waals surface area contributed by atoms with Crippen LogP contribution in [0.5, 0.6) is 5.75 Å². The Balaban J connectivity index is 1.76. The molecule has 0 saturated carbocycles. The topological polar surface area (TPSA) is 33.6 Å². The molecule has 0 fully saturated rings.